The van der Waals surface area contributed by atoms with E-state index in [4.69, 9.17) is 5.26 Å². The third-order valence-corrected chi connectivity index (χ3v) is 16.0. The lowest BCUT2D eigenvalue weighted by atomic mass is 9.98. The van der Waals surface area contributed by atoms with E-state index in [0.29, 0.717) is 6.42 Å². The van der Waals surface area contributed by atoms with Crippen molar-refractivity contribution in [2.24, 2.45) is 0 Å². The van der Waals surface area contributed by atoms with Crippen LogP contribution in [0.4, 0.5) is 0 Å². The highest BCUT2D eigenvalue weighted by Crippen LogP contribution is 2.58. The Balaban J connectivity index is 1.65. The molecule has 0 aromatic rings. The minimum Gasteiger partial charge on any atom is -0.309 e. The molecule has 0 spiro atoms. The highest BCUT2D eigenvalue weighted by atomic mass is 28.3. The molecular formula is C24H43N3Si. The minimum absolute atomic E-state index is 0.707. The van der Waals surface area contributed by atoms with Gasteiger partial charge in [0.1, 0.15) is 8.24 Å². The first-order valence-electron chi connectivity index (χ1n) is 12.7. The standard InChI is InChI=1S/C24H43N3Si/c25-17-10-18-26-19-20-27(21-26)28(22-11-4-1-5-12-22,23-13-6-2-7-14-23)24-15-8-3-9-16-24/h22-24H,1-16,18-21H2. The predicted octanol–water partition coefficient (Wildman–Crippen LogP) is 6.42. The average Bonchev–Trinajstić information content (AvgIpc) is 3.24. The van der Waals surface area contributed by atoms with Crippen LogP contribution in [0.5, 0.6) is 0 Å². The molecule has 1 heterocycles. The van der Waals surface area contributed by atoms with Crippen molar-refractivity contribution < 1.29 is 0 Å². The second-order valence-corrected chi connectivity index (χ2v) is 15.2. The molecule has 1 aliphatic heterocycles. The van der Waals surface area contributed by atoms with Gasteiger partial charge in [0.05, 0.1) is 6.07 Å². The molecule has 3 saturated carbocycles. The van der Waals surface area contributed by atoms with E-state index in [1.807, 2.05) is 0 Å². The van der Waals surface area contributed by atoms with Crippen molar-refractivity contribution >= 4 is 8.24 Å². The number of hydrogen-bond acceptors (Lipinski definition) is 3. The van der Waals surface area contributed by atoms with Crippen LogP contribution in [0.2, 0.25) is 16.6 Å². The minimum atomic E-state index is -1.53. The molecule has 0 amide bonds. The molecule has 0 atom stereocenters. The summed E-state index contributed by atoms with van der Waals surface area (Å²) in [6.07, 6.45) is 23.5. The fourth-order valence-electron chi connectivity index (χ4n) is 7.82. The molecule has 4 heteroatoms. The van der Waals surface area contributed by atoms with E-state index < -0.39 is 8.24 Å². The zero-order chi connectivity index (χ0) is 19.2. The van der Waals surface area contributed by atoms with Crippen LogP contribution in [0.3, 0.4) is 0 Å². The molecule has 4 aliphatic rings. The van der Waals surface area contributed by atoms with Crippen molar-refractivity contribution in [1.29, 1.82) is 5.26 Å². The molecule has 3 aliphatic carbocycles. The Hall–Kier alpha value is -0.373. The lowest BCUT2D eigenvalue weighted by Crippen LogP contribution is -2.63. The van der Waals surface area contributed by atoms with Gasteiger partial charge in [-0.25, -0.2) is 0 Å². The van der Waals surface area contributed by atoms with Gasteiger partial charge in [-0.2, -0.15) is 5.26 Å². The summed E-state index contributed by atoms with van der Waals surface area (Å²) in [5.41, 5.74) is 3.22. The summed E-state index contributed by atoms with van der Waals surface area (Å²) in [4.78, 5) is 2.62. The highest BCUT2D eigenvalue weighted by molar-refractivity contribution is 6.81. The van der Waals surface area contributed by atoms with Crippen LogP contribution in [-0.4, -0.2) is 44.0 Å². The average molecular weight is 402 g/mol. The van der Waals surface area contributed by atoms with Crippen LogP contribution < -0.4 is 0 Å². The zero-order valence-electron chi connectivity index (χ0n) is 18.2. The van der Waals surface area contributed by atoms with Crippen molar-refractivity contribution in [3.05, 3.63) is 0 Å². The maximum atomic E-state index is 9.08. The largest absolute Gasteiger partial charge is 0.309 e. The van der Waals surface area contributed by atoms with E-state index in [2.05, 4.69) is 15.5 Å². The monoisotopic (exact) mass is 401 g/mol. The summed E-state index contributed by atoms with van der Waals surface area (Å²) in [5, 5.41) is 9.08. The summed E-state index contributed by atoms with van der Waals surface area (Å²) < 4.78 is 3.16. The van der Waals surface area contributed by atoms with Crippen LogP contribution in [0, 0.1) is 11.3 Å². The van der Waals surface area contributed by atoms with E-state index in [0.717, 1.165) is 23.2 Å². The van der Waals surface area contributed by atoms with Crippen LogP contribution in [-0.2, 0) is 0 Å². The first kappa shape index (κ1) is 20.9. The lowest BCUT2D eigenvalue weighted by Gasteiger charge is -2.57. The van der Waals surface area contributed by atoms with Crippen LogP contribution in [0.25, 0.3) is 0 Å². The Morgan fingerprint density at radius 2 is 1.14 bits per heavy atom. The van der Waals surface area contributed by atoms with E-state index in [-0.39, 0.29) is 0 Å². The molecule has 28 heavy (non-hydrogen) atoms. The number of nitriles is 1. The lowest BCUT2D eigenvalue weighted by molar-refractivity contribution is 0.284. The van der Waals surface area contributed by atoms with Gasteiger partial charge >= 0.3 is 0 Å². The number of rotatable bonds is 6. The van der Waals surface area contributed by atoms with Crippen molar-refractivity contribution in [2.45, 2.75) is 119 Å². The molecule has 3 nitrogen and oxygen atoms in total. The van der Waals surface area contributed by atoms with Gasteiger partial charge in [0.15, 0.2) is 0 Å². The molecule has 0 aromatic carbocycles. The Labute approximate surface area is 174 Å². The van der Waals surface area contributed by atoms with Gasteiger partial charge in [-0.3, -0.25) is 4.90 Å². The third kappa shape index (κ3) is 4.23. The topological polar surface area (TPSA) is 30.3 Å². The first-order chi connectivity index (χ1) is 13.9. The Morgan fingerprint density at radius 1 is 0.679 bits per heavy atom. The van der Waals surface area contributed by atoms with Crippen molar-refractivity contribution in [3.63, 3.8) is 0 Å². The quantitative estimate of drug-likeness (QED) is 0.481. The molecule has 0 bridgehead atoms. The summed E-state index contributed by atoms with van der Waals surface area (Å²) in [5.74, 6) is 0. The Bertz CT molecular complexity index is 467. The summed E-state index contributed by atoms with van der Waals surface area (Å²) in [6.45, 7) is 4.75. The predicted molar refractivity (Wildman–Crippen MR) is 120 cm³/mol. The van der Waals surface area contributed by atoms with Gasteiger partial charge in [0.25, 0.3) is 0 Å². The van der Waals surface area contributed by atoms with Gasteiger partial charge in [0, 0.05) is 32.7 Å². The molecule has 158 valence electrons. The SMILES string of the molecule is N#CCCN1CCN([Si](C2CCCCC2)(C2CCCCC2)C2CCCCC2)C1. The van der Waals surface area contributed by atoms with Crippen LogP contribution in [0.1, 0.15) is 103 Å². The van der Waals surface area contributed by atoms with E-state index >= 15 is 0 Å². The van der Waals surface area contributed by atoms with E-state index in [9.17, 15) is 0 Å². The van der Waals surface area contributed by atoms with Gasteiger partial charge in [-0.1, -0.05) is 96.3 Å². The van der Waals surface area contributed by atoms with Gasteiger partial charge in [-0.05, 0) is 16.6 Å². The Morgan fingerprint density at radius 3 is 1.57 bits per heavy atom. The maximum Gasteiger partial charge on any atom is 0.139 e. The van der Waals surface area contributed by atoms with Gasteiger partial charge in [-0.15, -0.1) is 0 Å². The fourth-order valence-corrected chi connectivity index (χ4v) is 16.3. The van der Waals surface area contributed by atoms with Crippen LogP contribution in [0.15, 0.2) is 0 Å². The summed E-state index contributed by atoms with van der Waals surface area (Å²) in [6, 6.07) is 2.39. The second kappa shape index (κ2) is 10.1. The molecular weight excluding hydrogens is 358 g/mol. The smallest absolute Gasteiger partial charge is 0.139 e. The summed E-state index contributed by atoms with van der Waals surface area (Å²) >= 11 is 0. The van der Waals surface area contributed by atoms with E-state index in [1.54, 1.807) is 38.5 Å². The third-order valence-electron chi connectivity index (χ3n) is 8.92. The molecule has 0 unspecified atom stereocenters. The number of hydrogen-bond donors (Lipinski definition) is 0. The van der Waals surface area contributed by atoms with Crippen molar-refractivity contribution in [1.82, 2.24) is 9.47 Å². The number of nitrogens with zero attached hydrogens (tertiary/aromatic N) is 3. The molecule has 0 aromatic heterocycles. The second-order valence-electron chi connectivity index (χ2n) is 10.3. The molecule has 4 fully saturated rings. The molecule has 0 radical (unpaired) electrons. The van der Waals surface area contributed by atoms with Gasteiger partial charge < -0.3 is 4.57 Å². The first-order valence-corrected chi connectivity index (χ1v) is 14.9. The van der Waals surface area contributed by atoms with Crippen molar-refractivity contribution in [3.8, 4) is 6.07 Å². The summed E-state index contributed by atoms with van der Waals surface area (Å²) in [7, 11) is -1.53. The molecule has 0 N–H and O–H groups in total. The van der Waals surface area contributed by atoms with E-state index in [1.165, 1.54) is 77.5 Å². The van der Waals surface area contributed by atoms with Crippen molar-refractivity contribution in [2.75, 3.05) is 26.3 Å². The van der Waals surface area contributed by atoms with Gasteiger partial charge in [0.2, 0.25) is 0 Å². The molecule has 4 rings (SSSR count). The highest BCUT2D eigenvalue weighted by Gasteiger charge is 2.57. The van der Waals surface area contributed by atoms with Crippen LogP contribution >= 0.6 is 0 Å². The zero-order valence-corrected chi connectivity index (χ0v) is 19.2. The fraction of sp³-hybridized carbons (Fsp3) is 0.958. The normalized spacial score (nSPS) is 27.8. The molecule has 1 saturated heterocycles. The Kier molecular flexibility index (Phi) is 7.53. The maximum absolute atomic E-state index is 9.08.